The first-order chi connectivity index (χ1) is 11.5. The minimum Gasteiger partial charge on any atom is -0.314 e. The van der Waals surface area contributed by atoms with Crippen molar-refractivity contribution >= 4 is 0 Å². The van der Waals surface area contributed by atoms with Crippen molar-refractivity contribution in [3.63, 3.8) is 0 Å². The molecule has 1 saturated heterocycles. The minimum absolute atomic E-state index is 0.0471. The van der Waals surface area contributed by atoms with E-state index in [9.17, 15) is 17.6 Å². The topological polar surface area (TPSA) is 15.3 Å². The number of hydrogen-bond acceptors (Lipinski definition) is 2. The van der Waals surface area contributed by atoms with Gasteiger partial charge >= 0.3 is 6.18 Å². The number of nitrogens with one attached hydrogen (secondary N) is 1. The molecule has 0 aromatic heterocycles. The first kappa shape index (κ1) is 17.7. The lowest BCUT2D eigenvalue weighted by Gasteiger charge is -2.41. The summed E-state index contributed by atoms with van der Waals surface area (Å²) >= 11 is 0. The maximum Gasteiger partial charge on any atom is 0.419 e. The van der Waals surface area contributed by atoms with Crippen molar-refractivity contribution in [2.45, 2.75) is 44.3 Å². The van der Waals surface area contributed by atoms with Crippen LogP contribution in [0.2, 0.25) is 0 Å². The largest absolute Gasteiger partial charge is 0.419 e. The van der Waals surface area contributed by atoms with Gasteiger partial charge in [-0.1, -0.05) is 25.3 Å². The van der Waals surface area contributed by atoms with E-state index in [0.717, 1.165) is 64.0 Å². The van der Waals surface area contributed by atoms with Gasteiger partial charge in [-0.15, -0.1) is 0 Å². The molecule has 1 saturated carbocycles. The highest BCUT2D eigenvalue weighted by Gasteiger charge is 2.37. The number of benzene rings is 1. The molecule has 1 aliphatic heterocycles. The van der Waals surface area contributed by atoms with E-state index in [-0.39, 0.29) is 6.04 Å². The standard InChI is InChI=1S/C18H24F4N2/c19-16-7-6-14(12-15(16)18(20,21)22)17(13-4-2-1-3-5-13)24-10-8-23-9-11-24/h6-7,12-13,17,23H,1-5,8-11H2/t17-/m0/s1. The molecular weight excluding hydrogens is 320 g/mol. The van der Waals surface area contributed by atoms with Gasteiger partial charge in [0.25, 0.3) is 0 Å². The van der Waals surface area contributed by atoms with E-state index >= 15 is 0 Å². The van der Waals surface area contributed by atoms with Crippen LogP contribution in [0, 0.1) is 11.7 Å². The zero-order valence-corrected chi connectivity index (χ0v) is 13.7. The molecular formula is C18H24F4N2. The molecule has 1 atom stereocenters. The average Bonchev–Trinajstić information content (AvgIpc) is 2.57. The van der Waals surface area contributed by atoms with Crippen molar-refractivity contribution in [2.75, 3.05) is 26.2 Å². The van der Waals surface area contributed by atoms with Crippen LogP contribution >= 0.6 is 0 Å². The monoisotopic (exact) mass is 344 g/mol. The van der Waals surface area contributed by atoms with Crippen LogP contribution in [0.4, 0.5) is 17.6 Å². The molecule has 1 aromatic rings. The molecule has 2 nitrogen and oxygen atoms in total. The molecule has 1 aliphatic carbocycles. The SMILES string of the molecule is Fc1ccc([C@H](C2CCCCC2)N2CCNCC2)cc1C(F)(F)F. The quantitative estimate of drug-likeness (QED) is 0.819. The average molecular weight is 344 g/mol. The second-order valence-corrected chi connectivity index (χ2v) is 6.87. The van der Waals surface area contributed by atoms with Crippen LogP contribution < -0.4 is 5.32 Å². The summed E-state index contributed by atoms with van der Waals surface area (Å²) in [6, 6.07) is 3.52. The summed E-state index contributed by atoms with van der Waals surface area (Å²) in [6.07, 6.45) is 0.866. The summed E-state index contributed by atoms with van der Waals surface area (Å²) in [6.45, 7) is 3.33. The van der Waals surface area contributed by atoms with E-state index in [2.05, 4.69) is 10.2 Å². The lowest BCUT2D eigenvalue weighted by molar-refractivity contribution is -0.140. The van der Waals surface area contributed by atoms with E-state index in [1.807, 2.05) is 0 Å². The molecule has 3 rings (SSSR count). The van der Waals surface area contributed by atoms with E-state index in [1.54, 1.807) is 6.07 Å². The molecule has 24 heavy (non-hydrogen) atoms. The lowest BCUT2D eigenvalue weighted by atomic mass is 9.80. The summed E-state index contributed by atoms with van der Waals surface area (Å²) < 4.78 is 53.0. The Bertz CT molecular complexity index is 528. The third-order valence-electron chi connectivity index (χ3n) is 5.28. The summed E-state index contributed by atoms with van der Waals surface area (Å²) in [5, 5.41) is 3.29. The molecule has 1 N–H and O–H groups in total. The maximum absolute atomic E-state index is 13.7. The molecule has 0 unspecified atom stereocenters. The van der Waals surface area contributed by atoms with E-state index in [4.69, 9.17) is 0 Å². The third-order valence-corrected chi connectivity index (χ3v) is 5.28. The zero-order chi connectivity index (χ0) is 17.2. The summed E-state index contributed by atoms with van der Waals surface area (Å²) in [7, 11) is 0. The maximum atomic E-state index is 13.7. The van der Waals surface area contributed by atoms with Gasteiger partial charge < -0.3 is 5.32 Å². The van der Waals surface area contributed by atoms with E-state index in [0.29, 0.717) is 11.5 Å². The summed E-state index contributed by atoms with van der Waals surface area (Å²) in [4.78, 5) is 2.28. The molecule has 134 valence electrons. The third kappa shape index (κ3) is 3.91. The fraction of sp³-hybridized carbons (Fsp3) is 0.667. The van der Waals surface area contributed by atoms with Crippen molar-refractivity contribution in [3.8, 4) is 0 Å². The Morgan fingerprint density at radius 3 is 2.33 bits per heavy atom. The molecule has 0 radical (unpaired) electrons. The van der Waals surface area contributed by atoms with Gasteiger partial charge in [0.05, 0.1) is 5.56 Å². The highest BCUT2D eigenvalue weighted by atomic mass is 19.4. The van der Waals surface area contributed by atoms with Gasteiger partial charge in [-0.25, -0.2) is 4.39 Å². The number of piperazine rings is 1. The number of halogens is 4. The lowest BCUT2D eigenvalue weighted by Crippen LogP contribution is -2.47. The number of rotatable bonds is 3. The van der Waals surface area contributed by atoms with Crippen molar-refractivity contribution in [1.29, 1.82) is 0 Å². The fourth-order valence-electron chi connectivity index (χ4n) is 4.14. The van der Waals surface area contributed by atoms with Crippen LogP contribution in [-0.4, -0.2) is 31.1 Å². The Morgan fingerprint density at radius 1 is 1.04 bits per heavy atom. The van der Waals surface area contributed by atoms with Crippen LogP contribution in [0.3, 0.4) is 0 Å². The van der Waals surface area contributed by atoms with Gasteiger partial charge in [-0.2, -0.15) is 13.2 Å². The van der Waals surface area contributed by atoms with E-state index < -0.39 is 17.6 Å². The second kappa shape index (κ2) is 7.40. The van der Waals surface area contributed by atoms with Crippen molar-refractivity contribution < 1.29 is 17.6 Å². The van der Waals surface area contributed by atoms with Crippen molar-refractivity contribution in [3.05, 3.63) is 35.1 Å². The molecule has 1 aromatic carbocycles. The van der Waals surface area contributed by atoms with Crippen molar-refractivity contribution in [2.24, 2.45) is 5.92 Å². The van der Waals surface area contributed by atoms with E-state index in [1.165, 1.54) is 6.42 Å². The predicted octanol–water partition coefficient (Wildman–Crippen LogP) is 4.37. The van der Waals surface area contributed by atoms with Crippen molar-refractivity contribution in [1.82, 2.24) is 10.2 Å². The fourth-order valence-corrected chi connectivity index (χ4v) is 4.14. The first-order valence-corrected chi connectivity index (χ1v) is 8.78. The number of hydrogen-bond donors (Lipinski definition) is 1. The molecule has 0 spiro atoms. The zero-order valence-electron chi connectivity index (χ0n) is 13.7. The van der Waals surface area contributed by atoms with Gasteiger partial charge in [-0.05, 0) is 36.5 Å². The second-order valence-electron chi connectivity index (χ2n) is 6.87. The first-order valence-electron chi connectivity index (χ1n) is 8.78. The minimum atomic E-state index is -4.65. The highest BCUT2D eigenvalue weighted by Crippen LogP contribution is 2.40. The molecule has 6 heteroatoms. The van der Waals surface area contributed by atoms with Crippen LogP contribution in [0.15, 0.2) is 18.2 Å². The Balaban J connectivity index is 1.95. The molecule has 2 fully saturated rings. The smallest absolute Gasteiger partial charge is 0.314 e. The van der Waals surface area contributed by atoms with Gasteiger partial charge in [-0.3, -0.25) is 4.90 Å². The Labute approximate surface area is 140 Å². The Kier molecular flexibility index (Phi) is 5.45. The number of alkyl halides is 3. The Hall–Kier alpha value is -1.14. The summed E-state index contributed by atoms with van der Waals surface area (Å²) in [5.74, 6) is -0.836. The van der Waals surface area contributed by atoms with Gasteiger partial charge in [0.1, 0.15) is 5.82 Å². The normalized spacial score (nSPS) is 22.5. The molecule has 0 bridgehead atoms. The Morgan fingerprint density at radius 2 is 1.71 bits per heavy atom. The van der Waals surface area contributed by atoms with Crippen LogP contribution in [0.25, 0.3) is 0 Å². The van der Waals surface area contributed by atoms with Crippen LogP contribution in [0.1, 0.15) is 49.3 Å². The highest BCUT2D eigenvalue weighted by molar-refractivity contribution is 5.30. The molecule has 2 aliphatic rings. The van der Waals surface area contributed by atoms with Crippen LogP contribution in [-0.2, 0) is 6.18 Å². The molecule has 1 heterocycles. The molecule has 0 amide bonds. The van der Waals surface area contributed by atoms with Gasteiger partial charge in [0.15, 0.2) is 0 Å². The summed E-state index contributed by atoms with van der Waals surface area (Å²) in [5.41, 5.74) is -0.534. The predicted molar refractivity (Wildman–Crippen MR) is 85.2 cm³/mol. The van der Waals surface area contributed by atoms with Crippen LogP contribution in [0.5, 0.6) is 0 Å². The number of nitrogens with zero attached hydrogens (tertiary/aromatic N) is 1. The van der Waals surface area contributed by atoms with Gasteiger partial charge in [0.2, 0.25) is 0 Å². The van der Waals surface area contributed by atoms with Gasteiger partial charge in [0, 0.05) is 32.2 Å².